The molecule has 8 nitrogen and oxygen atoms in total. The fourth-order valence-electron chi connectivity index (χ4n) is 2.66. The Kier molecular flexibility index (Phi) is 7.98. The third-order valence-electron chi connectivity index (χ3n) is 4.22. The van der Waals surface area contributed by atoms with Crippen LogP contribution in [0, 0.1) is 12.7 Å². The van der Waals surface area contributed by atoms with Crippen LogP contribution in [0.5, 0.6) is 5.75 Å². The molecule has 2 amide bonds. The van der Waals surface area contributed by atoms with E-state index in [1.807, 2.05) is 31.2 Å². The number of amides is 2. The van der Waals surface area contributed by atoms with E-state index in [0.29, 0.717) is 17.5 Å². The van der Waals surface area contributed by atoms with Gasteiger partial charge < -0.3 is 4.74 Å². The zero-order chi connectivity index (χ0) is 22.9. The number of hydrogen-bond acceptors (Lipinski definition) is 6. The van der Waals surface area contributed by atoms with Crippen molar-refractivity contribution in [2.75, 3.05) is 5.75 Å². The summed E-state index contributed by atoms with van der Waals surface area (Å²) >= 11 is 1.16. The molecule has 0 saturated carbocycles. The Balaban J connectivity index is 1.53. The van der Waals surface area contributed by atoms with Crippen molar-refractivity contribution in [3.8, 4) is 5.75 Å². The van der Waals surface area contributed by atoms with E-state index in [2.05, 4.69) is 27.6 Å². The molecule has 2 aromatic carbocycles. The number of thioether (sulfide) groups is 1. The van der Waals surface area contributed by atoms with Gasteiger partial charge in [0.15, 0.2) is 11.0 Å². The molecule has 0 aliphatic carbocycles. The van der Waals surface area contributed by atoms with Crippen molar-refractivity contribution in [2.24, 2.45) is 0 Å². The summed E-state index contributed by atoms with van der Waals surface area (Å²) in [6.07, 6.45) is 1.70. The number of carbonyl (C=O) groups is 2. The molecule has 0 aliphatic rings. The highest BCUT2D eigenvalue weighted by Crippen LogP contribution is 2.19. The lowest BCUT2D eigenvalue weighted by molar-refractivity contribution is -0.119. The molecule has 3 rings (SSSR count). The van der Waals surface area contributed by atoms with Crippen molar-refractivity contribution < 1.29 is 18.7 Å². The molecule has 3 aromatic rings. The number of nitrogens with one attached hydrogen (secondary N) is 2. The van der Waals surface area contributed by atoms with Gasteiger partial charge in [0, 0.05) is 12.1 Å². The fourth-order valence-corrected chi connectivity index (χ4v) is 3.43. The Hall–Kier alpha value is -3.66. The maximum Gasteiger partial charge on any atom is 0.269 e. The molecular formula is C22H22FN5O3S. The van der Waals surface area contributed by atoms with Gasteiger partial charge in [0.05, 0.1) is 5.75 Å². The number of rotatable bonds is 9. The topological polar surface area (TPSA) is 98.1 Å². The van der Waals surface area contributed by atoms with Gasteiger partial charge in [0.1, 0.15) is 18.2 Å². The smallest absolute Gasteiger partial charge is 0.269 e. The second-order valence-electron chi connectivity index (χ2n) is 6.70. The van der Waals surface area contributed by atoms with E-state index in [4.69, 9.17) is 4.74 Å². The zero-order valence-corrected chi connectivity index (χ0v) is 18.2. The van der Waals surface area contributed by atoms with Gasteiger partial charge in [-0.25, -0.2) is 4.39 Å². The normalized spacial score (nSPS) is 10.4. The van der Waals surface area contributed by atoms with Gasteiger partial charge in [-0.3, -0.25) is 25.0 Å². The number of benzene rings is 2. The Morgan fingerprint density at radius 1 is 1.19 bits per heavy atom. The molecule has 0 atom stereocenters. The molecule has 0 bridgehead atoms. The second kappa shape index (κ2) is 11.1. The van der Waals surface area contributed by atoms with Crippen molar-refractivity contribution in [3.05, 3.63) is 84.0 Å². The quantitative estimate of drug-likeness (QED) is 0.292. The predicted octanol–water partition coefficient (Wildman–Crippen LogP) is 3.04. The highest BCUT2D eigenvalue weighted by atomic mass is 32.2. The van der Waals surface area contributed by atoms with Gasteiger partial charge >= 0.3 is 0 Å². The van der Waals surface area contributed by atoms with Crippen molar-refractivity contribution >= 4 is 23.6 Å². The van der Waals surface area contributed by atoms with E-state index in [1.54, 1.807) is 10.6 Å². The molecule has 166 valence electrons. The van der Waals surface area contributed by atoms with Crippen LogP contribution in [-0.4, -0.2) is 32.3 Å². The molecule has 1 aromatic heterocycles. The van der Waals surface area contributed by atoms with Gasteiger partial charge in [0.2, 0.25) is 5.91 Å². The summed E-state index contributed by atoms with van der Waals surface area (Å²) in [6, 6.07) is 12.7. The summed E-state index contributed by atoms with van der Waals surface area (Å²) in [5.74, 6) is -0.112. The monoisotopic (exact) mass is 455 g/mol. The predicted molar refractivity (Wildman–Crippen MR) is 118 cm³/mol. The number of carbonyl (C=O) groups excluding carboxylic acids is 2. The Morgan fingerprint density at radius 3 is 2.69 bits per heavy atom. The highest BCUT2D eigenvalue weighted by Gasteiger charge is 2.15. The van der Waals surface area contributed by atoms with Crippen LogP contribution in [0.2, 0.25) is 0 Å². The summed E-state index contributed by atoms with van der Waals surface area (Å²) in [7, 11) is 0. The lowest BCUT2D eigenvalue weighted by atomic mass is 10.2. The summed E-state index contributed by atoms with van der Waals surface area (Å²) < 4.78 is 20.5. The molecule has 0 spiro atoms. The number of allylic oxidation sites excluding steroid dienone is 1. The second-order valence-corrected chi connectivity index (χ2v) is 7.64. The molecule has 0 aliphatic heterocycles. The maximum atomic E-state index is 12.9. The Labute approximate surface area is 188 Å². The van der Waals surface area contributed by atoms with Gasteiger partial charge in [0.25, 0.3) is 5.91 Å². The maximum absolute atomic E-state index is 12.9. The van der Waals surface area contributed by atoms with Crippen LogP contribution >= 0.6 is 11.8 Å². The van der Waals surface area contributed by atoms with Crippen LogP contribution in [-0.2, 0) is 17.9 Å². The molecule has 0 unspecified atom stereocenters. The Morgan fingerprint density at radius 2 is 1.97 bits per heavy atom. The number of aryl methyl sites for hydroxylation is 1. The molecular weight excluding hydrogens is 433 g/mol. The first-order valence-corrected chi connectivity index (χ1v) is 10.6. The lowest BCUT2D eigenvalue weighted by Gasteiger charge is -2.10. The largest absolute Gasteiger partial charge is 0.486 e. The number of aromatic nitrogens is 3. The van der Waals surface area contributed by atoms with Gasteiger partial charge in [-0.2, -0.15) is 0 Å². The lowest BCUT2D eigenvalue weighted by Crippen LogP contribution is -2.42. The average Bonchev–Trinajstić information content (AvgIpc) is 3.17. The van der Waals surface area contributed by atoms with Crippen LogP contribution < -0.4 is 15.6 Å². The first kappa shape index (κ1) is 23.0. The van der Waals surface area contributed by atoms with E-state index in [9.17, 15) is 14.0 Å². The molecule has 2 N–H and O–H groups in total. The molecule has 0 radical (unpaired) electrons. The van der Waals surface area contributed by atoms with Gasteiger partial charge in [-0.1, -0.05) is 30.0 Å². The van der Waals surface area contributed by atoms with Crippen LogP contribution in [0.25, 0.3) is 0 Å². The number of nitrogens with zero attached hydrogens (tertiary/aromatic N) is 3. The molecule has 10 heteroatoms. The summed E-state index contributed by atoms with van der Waals surface area (Å²) in [4.78, 5) is 24.1. The summed E-state index contributed by atoms with van der Waals surface area (Å²) in [6.45, 7) is 6.39. The highest BCUT2D eigenvalue weighted by molar-refractivity contribution is 7.99. The molecule has 1 heterocycles. The van der Waals surface area contributed by atoms with Crippen LogP contribution in [0.4, 0.5) is 4.39 Å². The van der Waals surface area contributed by atoms with E-state index < -0.39 is 17.6 Å². The van der Waals surface area contributed by atoms with Crippen molar-refractivity contribution in [2.45, 2.75) is 25.2 Å². The average molecular weight is 456 g/mol. The van der Waals surface area contributed by atoms with E-state index in [-0.39, 0.29) is 17.9 Å². The third-order valence-corrected chi connectivity index (χ3v) is 5.18. The Bertz CT molecular complexity index is 1100. The van der Waals surface area contributed by atoms with E-state index in [0.717, 1.165) is 23.1 Å². The first-order valence-electron chi connectivity index (χ1n) is 9.66. The molecule has 32 heavy (non-hydrogen) atoms. The third kappa shape index (κ3) is 6.42. The van der Waals surface area contributed by atoms with Crippen LogP contribution in [0.15, 0.2) is 66.3 Å². The fraction of sp³-hybridized carbons (Fsp3) is 0.182. The molecule has 0 fully saturated rings. The number of ether oxygens (including phenoxy) is 1. The number of halogens is 1. The van der Waals surface area contributed by atoms with Crippen LogP contribution in [0.3, 0.4) is 0 Å². The van der Waals surface area contributed by atoms with E-state index in [1.165, 1.54) is 24.3 Å². The van der Waals surface area contributed by atoms with Gasteiger partial charge in [-0.05, 0) is 48.9 Å². The standard InChI is InChI=1S/C22H22FN5O3S/c1-3-11-28-19(13-31-18-6-4-5-15(2)12-18)24-27-22(28)32-14-20(29)25-26-21(30)16-7-9-17(23)10-8-16/h3-10,12H,1,11,13-14H2,2H3,(H,25,29)(H,26,30). The minimum Gasteiger partial charge on any atom is -0.486 e. The van der Waals surface area contributed by atoms with Crippen molar-refractivity contribution in [1.29, 1.82) is 0 Å². The number of hydrazine groups is 1. The van der Waals surface area contributed by atoms with E-state index >= 15 is 0 Å². The number of hydrogen-bond donors (Lipinski definition) is 2. The zero-order valence-electron chi connectivity index (χ0n) is 17.4. The van der Waals surface area contributed by atoms with Crippen molar-refractivity contribution in [1.82, 2.24) is 25.6 Å². The first-order chi connectivity index (χ1) is 15.5. The summed E-state index contributed by atoms with van der Waals surface area (Å²) in [5, 5.41) is 8.81. The summed E-state index contributed by atoms with van der Waals surface area (Å²) in [5.41, 5.74) is 5.92. The minimum atomic E-state index is -0.547. The minimum absolute atomic E-state index is 0.00227. The van der Waals surface area contributed by atoms with Crippen molar-refractivity contribution in [3.63, 3.8) is 0 Å². The van der Waals surface area contributed by atoms with Gasteiger partial charge in [-0.15, -0.1) is 16.8 Å². The SMILES string of the molecule is C=CCn1c(COc2cccc(C)c2)nnc1SCC(=O)NNC(=O)c1ccc(F)cc1. The molecule has 0 saturated heterocycles. The van der Waals surface area contributed by atoms with Crippen LogP contribution in [0.1, 0.15) is 21.7 Å².